The van der Waals surface area contributed by atoms with Crippen molar-refractivity contribution in [3.63, 3.8) is 0 Å². The molecule has 0 heterocycles. The minimum atomic E-state index is 0.555. The zero-order chi connectivity index (χ0) is 15.2. The number of anilines is 1. The Morgan fingerprint density at radius 1 is 1.10 bits per heavy atom. The second kappa shape index (κ2) is 7.41. The maximum absolute atomic E-state index is 6.20. The van der Waals surface area contributed by atoms with Crippen LogP contribution in [0, 0.1) is 0 Å². The highest BCUT2D eigenvalue weighted by atomic mass is 32.2. The van der Waals surface area contributed by atoms with Gasteiger partial charge in [-0.05, 0) is 42.2 Å². The minimum absolute atomic E-state index is 0.555. The standard InChI is InChI=1S/C18H23NOS/c1-4-12-20-16-6-5-7-17(18(16)19)21-15-10-8-14(9-11-15)13(2)3/h5-11,13H,4,12,19H2,1-3H3. The summed E-state index contributed by atoms with van der Waals surface area (Å²) < 4.78 is 5.68. The Hall–Kier alpha value is -1.61. The molecule has 21 heavy (non-hydrogen) atoms. The number of nitrogen functional groups attached to an aromatic ring is 1. The molecule has 0 atom stereocenters. The summed E-state index contributed by atoms with van der Waals surface area (Å²) in [4.78, 5) is 2.24. The van der Waals surface area contributed by atoms with Gasteiger partial charge in [0.05, 0.1) is 12.3 Å². The van der Waals surface area contributed by atoms with E-state index in [9.17, 15) is 0 Å². The maximum Gasteiger partial charge on any atom is 0.143 e. The molecule has 2 N–H and O–H groups in total. The van der Waals surface area contributed by atoms with Gasteiger partial charge in [-0.2, -0.15) is 0 Å². The number of ether oxygens (including phenoxy) is 1. The van der Waals surface area contributed by atoms with E-state index in [1.54, 1.807) is 11.8 Å². The van der Waals surface area contributed by atoms with E-state index < -0.39 is 0 Å². The van der Waals surface area contributed by atoms with Crippen molar-refractivity contribution in [3.8, 4) is 5.75 Å². The number of para-hydroxylation sites is 1. The summed E-state index contributed by atoms with van der Waals surface area (Å²) in [5, 5.41) is 0. The fourth-order valence-corrected chi connectivity index (χ4v) is 2.88. The predicted molar refractivity (Wildman–Crippen MR) is 91.3 cm³/mol. The van der Waals surface area contributed by atoms with Gasteiger partial charge in [0.2, 0.25) is 0 Å². The third-order valence-corrected chi connectivity index (χ3v) is 4.35. The lowest BCUT2D eigenvalue weighted by atomic mass is 10.0. The molecule has 0 radical (unpaired) electrons. The number of benzene rings is 2. The molecule has 0 fully saturated rings. The second-order valence-electron chi connectivity index (χ2n) is 5.34. The van der Waals surface area contributed by atoms with Crippen LogP contribution in [0.4, 0.5) is 5.69 Å². The van der Waals surface area contributed by atoms with E-state index in [1.165, 1.54) is 10.5 Å². The summed E-state index contributed by atoms with van der Waals surface area (Å²) in [5.74, 6) is 1.33. The van der Waals surface area contributed by atoms with Crippen molar-refractivity contribution < 1.29 is 4.74 Å². The molecule has 0 aliphatic heterocycles. The van der Waals surface area contributed by atoms with E-state index in [4.69, 9.17) is 10.5 Å². The SMILES string of the molecule is CCCOc1cccc(Sc2ccc(C(C)C)cc2)c1N. The Morgan fingerprint density at radius 3 is 2.43 bits per heavy atom. The average molecular weight is 301 g/mol. The maximum atomic E-state index is 6.20. The summed E-state index contributed by atoms with van der Waals surface area (Å²) in [7, 11) is 0. The van der Waals surface area contributed by atoms with Crippen molar-refractivity contribution in [2.45, 2.75) is 42.9 Å². The van der Waals surface area contributed by atoms with E-state index in [-0.39, 0.29) is 0 Å². The number of rotatable bonds is 6. The summed E-state index contributed by atoms with van der Waals surface area (Å²) in [6.07, 6.45) is 0.980. The van der Waals surface area contributed by atoms with E-state index in [0.717, 1.165) is 22.8 Å². The molecule has 0 unspecified atom stereocenters. The third-order valence-electron chi connectivity index (χ3n) is 3.26. The molecule has 2 nitrogen and oxygen atoms in total. The van der Waals surface area contributed by atoms with Crippen molar-refractivity contribution in [1.82, 2.24) is 0 Å². The van der Waals surface area contributed by atoms with E-state index in [2.05, 4.69) is 45.0 Å². The van der Waals surface area contributed by atoms with Crippen LogP contribution in [0.25, 0.3) is 0 Å². The molecule has 0 saturated carbocycles. The molecule has 0 aromatic heterocycles. The predicted octanol–water partition coefficient (Wildman–Crippen LogP) is 5.33. The van der Waals surface area contributed by atoms with Gasteiger partial charge in [0.25, 0.3) is 0 Å². The van der Waals surface area contributed by atoms with Gasteiger partial charge in [0.1, 0.15) is 5.75 Å². The highest BCUT2D eigenvalue weighted by Crippen LogP contribution is 2.37. The zero-order valence-electron chi connectivity index (χ0n) is 12.9. The van der Waals surface area contributed by atoms with E-state index >= 15 is 0 Å². The highest BCUT2D eigenvalue weighted by molar-refractivity contribution is 7.99. The van der Waals surface area contributed by atoms with Crippen LogP contribution >= 0.6 is 11.8 Å². The van der Waals surface area contributed by atoms with Crippen LogP contribution in [0.1, 0.15) is 38.7 Å². The molecule has 0 bridgehead atoms. The Morgan fingerprint density at radius 2 is 1.81 bits per heavy atom. The lowest BCUT2D eigenvalue weighted by molar-refractivity contribution is 0.318. The van der Waals surface area contributed by atoms with Gasteiger partial charge in [0.15, 0.2) is 0 Å². The minimum Gasteiger partial charge on any atom is -0.491 e. The van der Waals surface area contributed by atoms with Gasteiger partial charge in [0, 0.05) is 9.79 Å². The highest BCUT2D eigenvalue weighted by Gasteiger charge is 2.08. The summed E-state index contributed by atoms with van der Waals surface area (Å²) in [5.41, 5.74) is 8.28. The Labute approximate surface area is 131 Å². The van der Waals surface area contributed by atoms with Gasteiger partial charge in [-0.15, -0.1) is 0 Å². The molecule has 0 aliphatic carbocycles. The first-order valence-electron chi connectivity index (χ1n) is 7.41. The zero-order valence-corrected chi connectivity index (χ0v) is 13.7. The van der Waals surface area contributed by atoms with Crippen LogP contribution in [-0.4, -0.2) is 6.61 Å². The molecule has 0 amide bonds. The topological polar surface area (TPSA) is 35.2 Å². The van der Waals surface area contributed by atoms with Crippen molar-refractivity contribution in [1.29, 1.82) is 0 Å². The largest absolute Gasteiger partial charge is 0.491 e. The smallest absolute Gasteiger partial charge is 0.143 e. The Bertz CT molecular complexity index is 578. The molecule has 2 rings (SSSR count). The van der Waals surface area contributed by atoms with Crippen LogP contribution < -0.4 is 10.5 Å². The summed E-state index contributed by atoms with van der Waals surface area (Å²) in [6, 6.07) is 14.6. The van der Waals surface area contributed by atoms with Crippen LogP contribution in [-0.2, 0) is 0 Å². The van der Waals surface area contributed by atoms with Crippen molar-refractivity contribution >= 4 is 17.4 Å². The second-order valence-corrected chi connectivity index (χ2v) is 6.46. The molecule has 0 saturated heterocycles. The quantitative estimate of drug-likeness (QED) is 0.732. The average Bonchev–Trinajstić information content (AvgIpc) is 2.49. The van der Waals surface area contributed by atoms with Crippen LogP contribution in [0.2, 0.25) is 0 Å². The molecule has 0 spiro atoms. The van der Waals surface area contributed by atoms with Gasteiger partial charge >= 0.3 is 0 Å². The molecule has 0 aliphatic rings. The first-order chi connectivity index (χ1) is 10.1. The molecular weight excluding hydrogens is 278 g/mol. The number of nitrogens with two attached hydrogens (primary N) is 1. The first kappa shape index (κ1) is 15.8. The van der Waals surface area contributed by atoms with E-state index in [1.807, 2.05) is 18.2 Å². The summed E-state index contributed by atoms with van der Waals surface area (Å²) in [6.45, 7) is 7.19. The van der Waals surface area contributed by atoms with Crippen LogP contribution in [0.5, 0.6) is 5.75 Å². The third kappa shape index (κ3) is 4.18. The molecule has 112 valence electrons. The fourth-order valence-electron chi connectivity index (χ4n) is 2.00. The van der Waals surface area contributed by atoms with Gasteiger partial charge in [-0.1, -0.05) is 50.7 Å². The molecule has 2 aromatic carbocycles. The van der Waals surface area contributed by atoms with Crippen molar-refractivity contribution in [3.05, 3.63) is 48.0 Å². The molecule has 2 aromatic rings. The van der Waals surface area contributed by atoms with Crippen molar-refractivity contribution in [2.24, 2.45) is 0 Å². The fraction of sp³-hybridized carbons (Fsp3) is 0.333. The van der Waals surface area contributed by atoms with Crippen LogP contribution in [0.15, 0.2) is 52.3 Å². The van der Waals surface area contributed by atoms with Crippen LogP contribution in [0.3, 0.4) is 0 Å². The Kier molecular flexibility index (Phi) is 5.57. The molecule has 3 heteroatoms. The molecular formula is C18H23NOS. The van der Waals surface area contributed by atoms with E-state index in [0.29, 0.717) is 12.5 Å². The normalized spacial score (nSPS) is 10.9. The summed E-state index contributed by atoms with van der Waals surface area (Å²) >= 11 is 1.68. The lowest BCUT2D eigenvalue weighted by Gasteiger charge is -2.12. The lowest BCUT2D eigenvalue weighted by Crippen LogP contribution is -1.99. The first-order valence-corrected chi connectivity index (χ1v) is 8.22. The van der Waals surface area contributed by atoms with Gasteiger partial charge < -0.3 is 10.5 Å². The van der Waals surface area contributed by atoms with Crippen molar-refractivity contribution in [2.75, 3.05) is 12.3 Å². The van der Waals surface area contributed by atoms with Gasteiger partial charge in [-0.3, -0.25) is 0 Å². The monoisotopic (exact) mass is 301 g/mol. The van der Waals surface area contributed by atoms with Gasteiger partial charge in [-0.25, -0.2) is 0 Å². The number of hydrogen-bond donors (Lipinski definition) is 1. The Balaban J connectivity index is 2.15. The number of hydrogen-bond acceptors (Lipinski definition) is 3.